The third kappa shape index (κ3) is 6.38. The van der Waals surface area contributed by atoms with Crippen molar-refractivity contribution in [2.45, 2.75) is 9.79 Å². The minimum absolute atomic E-state index is 0.0871. The molecule has 5 aliphatic rings. The molecule has 9 heteroatoms. The summed E-state index contributed by atoms with van der Waals surface area (Å²) in [5.41, 5.74) is 26.5. The second kappa shape index (κ2) is 17.2. The van der Waals surface area contributed by atoms with E-state index in [0.717, 1.165) is 90.2 Å². The molecule has 5 aliphatic heterocycles. The highest BCUT2D eigenvalue weighted by Crippen LogP contribution is 2.58. The maximum absolute atomic E-state index is 7.29. The fourth-order valence-corrected chi connectivity index (χ4v) is 15.3. The number of fused-ring (bicyclic) bond motifs is 10. The number of anilines is 15. The number of hydrogen-bond donors (Lipinski definition) is 0. The summed E-state index contributed by atoms with van der Waals surface area (Å²) in [7, 11) is 0. The molecule has 0 atom stereocenters. The Balaban J connectivity index is 0.980. The van der Waals surface area contributed by atoms with Crippen LogP contribution in [0.1, 0.15) is 0 Å². The number of nitrogens with zero attached hydrogens (tertiary/aromatic N) is 5. The molecule has 0 bridgehead atoms. The van der Waals surface area contributed by atoms with Gasteiger partial charge in [0, 0.05) is 94.5 Å². The molecule has 0 saturated heterocycles. The monoisotopic (exact) mass is 1050 g/mol. The lowest BCUT2D eigenvalue weighted by Crippen LogP contribution is -2.69. The van der Waals surface area contributed by atoms with E-state index in [2.05, 4.69) is 297 Å². The van der Waals surface area contributed by atoms with Gasteiger partial charge in [-0.25, -0.2) is 0 Å². The molecule has 81 heavy (non-hydrogen) atoms. The molecule has 0 spiro atoms. The standard InChI is InChI=1S/C72H45B2N5OS/c1-7-22-46(23-8-1)75(47-24-9-2-10-25-47)52-38-40-56-59(42-52)77(50-30-15-5-16-31-50)61-45-62-67-71-66(61)73(56)58-35-21-37-64-69(58)79(71)70-65(81-64)44-55-54-34-19-20-36-63(54)80-72(55)68(70)74(67)57-41-39-53(43-60(57)78(62)51-32-17-6-18-33-51)76(48-26-11-3-12-27-48)49-28-13-4-14-29-49/h1-45H. The smallest absolute Gasteiger partial charge is 0.257 e. The molecule has 0 radical (unpaired) electrons. The third-order valence-electron chi connectivity index (χ3n) is 17.3. The lowest BCUT2D eigenvalue weighted by molar-refractivity contribution is 0.671. The molecule has 376 valence electrons. The van der Waals surface area contributed by atoms with Gasteiger partial charge in [0.15, 0.2) is 0 Å². The topological polar surface area (TPSA) is 29.3 Å². The van der Waals surface area contributed by atoms with Crippen LogP contribution in [0.3, 0.4) is 0 Å². The second-order valence-electron chi connectivity index (χ2n) is 21.5. The quantitative estimate of drug-likeness (QED) is 0.140. The number of para-hydroxylation sites is 8. The van der Waals surface area contributed by atoms with Gasteiger partial charge in [0.1, 0.15) is 11.2 Å². The van der Waals surface area contributed by atoms with Crippen LogP contribution >= 0.6 is 11.8 Å². The fourth-order valence-electron chi connectivity index (χ4n) is 14.1. The molecule has 0 fully saturated rings. The Morgan fingerprint density at radius 3 is 1.33 bits per heavy atom. The summed E-state index contributed by atoms with van der Waals surface area (Å²) >= 11 is 1.91. The van der Waals surface area contributed by atoms with E-state index in [0.29, 0.717) is 0 Å². The summed E-state index contributed by atoms with van der Waals surface area (Å²) in [5.74, 6) is 0. The molecule has 1 aromatic heterocycles. The molecule has 0 amide bonds. The number of hydrogen-bond acceptors (Lipinski definition) is 7. The number of rotatable bonds is 8. The van der Waals surface area contributed by atoms with Crippen LogP contribution in [0.5, 0.6) is 0 Å². The van der Waals surface area contributed by atoms with E-state index in [9.17, 15) is 0 Å². The Kier molecular flexibility index (Phi) is 9.53. The minimum atomic E-state index is -0.201. The van der Waals surface area contributed by atoms with Crippen molar-refractivity contribution < 1.29 is 4.42 Å². The van der Waals surface area contributed by atoms with Crippen molar-refractivity contribution in [3.63, 3.8) is 0 Å². The van der Waals surface area contributed by atoms with Crippen LogP contribution in [0.15, 0.2) is 287 Å². The fraction of sp³-hybridized carbons (Fsp3) is 0. The van der Waals surface area contributed by atoms with Crippen LogP contribution < -0.4 is 57.3 Å². The van der Waals surface area contributed by atoms with E-state index in [4.69, 9.17) is 4.42 Å². The van der Waals surface area contributed by atoms with Crippen molar-refractivity contribution in [2.75, 3.05) is 24.5 Å². The first-order valence-electron chi connectivity index (χ1n) is 27.8. The predicted octanol–water partition coefficient (Wildman–Crippen LogP) is 15.7. The first kappa shape index (κ1) is 44.9. The van der Waals surface area contributed by atoms with E-state index < -0.39 is 0 Å². The van der Waals surface area contributed by atoms with Gasteiger partial charge in [0.2, 0.25) is 0 Å². The van der Waals surface area contributed by atoms with Gasteiger partial charge >= 0.3 is 0 Å². The third-order valence-corrected chi connectivity index (χ3v) is 18.4. The Morgan fingerprint density at radius 2 is 0.790 bits per heavy atom. The van der Waals surface area contributed by atoms with Crippen molar-refractivity contribution in [2.24, 2.45) is 0 Å². The summed E-state index contributed by atoms with van der Waals surface area (Å²) in [6.45, 7) is -0.288. The zero-order valence-electron chi connectivity index (χ0n) is 43.7. The normalized spacial score (nSPS) is 13.5. The summed E-state index contributed by atoms with van der Waals surface area (Å²) < 4.78 is 7.29. The molecule has 0 aliphatic carbocycles. The first-order valence-corrected chi connectivity index (χ1v) is 28.6. The Bertz CT molecular complexity index is 4640. The average Bonchev–Trinajstić information content (AvgIpc) is 1.93. The Labute approximate surface area is 474 Å². The first-order chi connectivity index (χ1) is 40.2. The molecule has 0 N–H and O–H groups in total. The van der Waals surface area contributed by atoms with Gasteiger partial charge in [-0.15, -0.1) is 0 Å². The lowest BCUT2D eigenvalue weighted by Gasteiger charge is -2.52. The predicted molar refractivity (Wildman–Crippen MR) is 341 cm³/mol. The minimum Gasteiger partial charge on any atom is -0.457 e. The average molecular weight is 1050 g/mol. The van der Waals surface area contributed by atoms with Gasteiger partial charge in [0.25, 0.3) is 13.4 Å². The van der Waals surface area contributed by atoms with E-state index >= 15 is 0 Å². The molecule has 12 aromatic carbocycles. The highest BCUT2D eigenvalue weighted by Gasteiger charge is 2.55. The summed E-state index contributed by atoms with van der Waals surface area (Å²) in [5, 5.41) is 2.28. The Morgan fingerprint density at radius 1 is 0.309 bits per heavy atom. The SMILES string of the molecule is c1ccc(N(c2ccccc2)c2ccc3c(c2)N(c2ccccc2)c2cc4c5c6c2B3c2cccc3c2N6c2c(cc6c(oc7ccccc76)c2B5c2ccc(N(c5ccccc5)c5ccccc5)cc2N4c2ccccc2)S3)cc1. The molecule has 18 rings (SSSR count). The van der Waals surface area contributed by atoms with Crippen molar-refractivity contribution >= 4 is 165 Å². The maximum atomic E-state index is 7.29. The second-order valence-corrected chi connectivity index (χ2v) is 22.6. The largest absolute Gasteiger partial charge is 0.457 e. The molecule has 13 aromatic rings. The molecule has 0 saturated carbocycles. The molecule has 0 unspecified atom stereocenters. The molecule has 6 nitrogen and oxygen atoms in total. The van der Waals surface area contributed by atoms with Gasteiger partial charge in [-0.3, -0.25) is 0 Å². The van der Waals surface area contributed by atoms with Crippen molar-refractivity contribution in [3.05, 3.63) is 273 Å². The van der Waals surface area contributed by atoms with Crippen LogP contribution in [-0.4, -0.2) is 13.4 Å². The van der Waals surface area contributed by atoms with E-state index in [1.165, 1.54) is 59.6 Å². The zero-order valence-corrected chi connectivity index (χ0v) is 44.5. The highest BCUT2D eigenvalue weighted by molar-refractivity contribution is 7.99. The molecular formula is C72H45B2N5OS. The maximum Gasteiger partial charge on any atom is 0.257 e. The van der Waals surface area contributed by atoms with E-state index in [1.807, 2.05) is 11.8 Å². The van der Waals surface area contributed by atoms with Crippen molar-refractivity contribution in [1.29, 1.82) is 0 Å². The summed E-state index contributed by atoms with van der Waals surface area (Å²) in [4.78, 5) is 15.1. The van der Waals surface area contributed by atoms with Crippen molar-refractivity contribution in [1.82, 2.24) is 0 Å². The lowest BCUT2D eigenvalue weighted by atomic mass is 9.28. The molecule has 6 heterocycles. The van der Waals surface area contributed by atoms with Gasteiger partial charge in [0.05, 0.1) is 11.4 Å². The summed E-state index contributed by atoms with van der Waals surface area (Å²) in [6, 6.07) is 100. The van der Waals surface area contributed by atoms with Crippen molar-refractivity contribution in [3.8, 4) is 0 Å². The van der Waals surface area contributed by atoms with Crippen LogP contribution in [0, 0.1) is 0 Å². The van der Waals surface area contributed by atoms with Gasteiger partial charge in [-0.05, 0) is 154 Å². The number of furan rings is 1. The van der Waals surface area contributed by atoms with Gasteiger partial charge in [-0.2, -0.15) is 0 Å². The number of benzene rings is 12. The van der Waals surface area contributed by atoms with Gasteiger partial charge in [-0.1, -0.05) is 163 Å². The van der Waals surface area contributed by atoms with Crippen LogP contribution in [-0.2, 0) is 0 Å². The summed E-state index contributed by atoms with van der Waals surface area (Å²) in [6.07, 6.45) is 0. The molecular weight excluding hydrogens is 1000 g/mol. The zero-order chi connectivity index (χ0) is 52.9. The van der Waals surface area contributed by atoms with E-state index in [1.54, 1.807) is 0 Å². The Hall–Kier alpha value is -10.1. The van der Waals surface area contributed by atoms with Crippen LogP contribution in [0.25, 0.3) is 21.9 Å². The van der Waals surface area contributed by atoms with E-state index in [-0.39, 0.29) is 13.4 Å². The van der Waals surface area contributed by atoms with Gasteiger partial charge < -0.3 is 28.9 Å². The van der Waals surface area contributed by atoms with Crippen LogP contribution in [0.4, 0.5) is 85.3 Å². The highest BCUT2D eigenvalue weighted by atomic mass is 32.2. The van der Waals surface area contributed by atoms with Crippen LogP contribution in [0.2, 0.25) is 0 Å².